The highest BCUT2D eigenvalue weighted by molar-refractivity contribution is 7.54. The second-order valence-corrected chi connectivity index (χ2v) is 6.29. The van der Waals surface area contributed by atoms with E-state index in [1.54, 1.807) is 30.2 Å². The second-order valence-electron chi connectivity index (χ2n) is 3.59. The van der Waals surface area contributed by atoms with E-state index in [1.807, 2.05) is 0 Å². The van der Waals surface area contributed by atoms with Gasteiger partial charge >= 0.3 is 7.60 Å². The fraction of sp³-hybridized carbons (Fsp3) is 0.333. The first-order chi connectivity index (χ1) is 9.03. The summed E-state index contributed by atoms with van der Waals surface area (Å²) in [7, 11) is -0.781. The van der Waals surface area contributed by atoms with Crippen molar-refractivity contribution in [1.82, 2.24) is 0 Å². The first-order valence-electron chi connectivity index (χ1n) is 5.34. The first-order valence-corrected chi connectivity index (χ1v) is 7.45. The summed E-state index contributed by atoms with van der Waals surface area (Å²) in [6, 6.07) is 6.73. The Kier molecular flexibility index (Phi) is 6.29. The number of hydrogen-bond acceptors (Lipinski definition) is 5. The van der Waals surface area contributed by atoms with Crippen LogP contribution >= 0.6 is 19.2 Å². The molecule has 104 valence electrons. The lowest BCUT2D eigenvalue weighted by molar-refractivity contribution is 0.275. The zero-order valence-electron chi connectivity index (χ0n) is 10.6. The van der Waals surface area contributed by atoms with Crippen LogP contribution in [0.3, 0.4) is 0 Å². The third-order valence-electron chi connectivity index (χ3n) is 2.29. The molecule has 0 N–H and O–H groups in total. The molecule has 1 aromatic rings. The Hall–Kier alpha value is -1.09. The molecule has 1 aromatic carbocycles. The van der Waals surface area contributed by atoms with Crippen molar-refractivity contribution >= 4 is 25.1 Å². The van der Waals surface area contributed by atoms with Crippen molar-refractivity contribution in [1.29, 1.82) is 0 Å². The molecule has 0 aromatic heterocycles. The number of halogens is 1. The minimum Gasteiger partial charge on any atom is -0.488 e. The smallest absolute Gasteiger partial charge is 0.335 e. The number of ether oxygens (including phenoxy) is 1. The van der Waals surface area contributed by atoms with Gasteiger partial charge in [0, 0.05) is 19.2 Å². The van der Waals surface area contributed by atoms with Crippen LogP contribution in [0.1, 0.15) is 0 Å². The molecule has 0 radical (unpaired) electrons. The monoisotopic (exact) mass is 304 g/mol. The zero-order chi connectivity index (χ0) is 14.3. The van der Waals surface area contributed by atoms with Gasteiger partial charge < -0.3 is 13.8 Å². The second kappa shape index (κ2) is 7.49. The molecule has 0 amide bonds. The topological polar surface area (TPSA) is 61.8 Å². The average molecular weight is 305 g/mol. The van der Waals surface area contributed by atoms with Gasteiger partial charge in [0.15, 0.2) is 0 Å². The lowest BCUT2D eigenvalue weighted by Gasteiger charge is -2.14. The highest BCUT2D eigenvalue weighted by Crippen LogP contribution is 2.47. The predicted molar refractivity (Wildman–Crippen MR) is 72.6 cm³/mol. The Morgan fingerprint density at radius 2 is 2.05 bits per heavy atom. The van der Waals surface area contributed by atoms with E-state index in [9.17, 15) is 9.36 Å². The van der Waals surface area contributed by atoms with Crippen molar-refractivity contribution in [2.75, 3.05) is 27.0 Å². The maximum Gasteiger partial charge on any atom is 0.335 e. The zero-order valence-corrected chi connectivity index (χ0v) is 12.2. The molecular weight excluding hydrogens is 291 g/mol. The normalized spacial score (nSPS) is 10.9. The highest BCUT2D eigenvalue weighted by Gasteiger charge is 2.24. The number of carbonyl (C=O) groups excluding carboxylic acids is 1. The Morgan fingerprint density at radius 1 is 1.37 bits per heavy atom. The van der Waals surface area contributed by atoms with E-state index in [4.69, 9.17) is 25.4 Å². The lowest BCUT2D eigenvalue weighted by Crippen LogP contribution is -2.08. The summed E-state index contributed by atoms with van der Waals surface area (Å²) in [5, 5.41) is 0.522. The molecule has 7 heteroatoms. The molecule has 0 unspecified atom stereocenters. The molecule has 0 fully saturated rings. The van der Waals surface area contributed by atoms with Crippen molar-refractivity contribution < 1.29 is 23.1 Å². The predicted octanol–water partition coefficient (Wildman–Crippen LogP) is 2.96. The molecule has 5 nitrogen and oxygen atoms in total. The van der Waals surface area contributed by atoms with Gasteiger partial charge in [0.1, 0.15) is 18.3 Å². The minimum atomic E-state index is -3.29. The van der Waals surface area contributed by atoms with Gasteiger partial charge in [-0.1, -0.05) is 17.7 Å². The van der Waals surface area contributed by atoms with E-state index < -0.39 is 7.60 Å². The Bertz CT molecular complexity index is 517. The summed E-state index contributed by atoms with van der Waals surface area (Å²) >= 11 is 5.80. The lowest BCUT2D eigenvalue weighted by atomic mass is 10.3. The van der Waals surface area contributed by atoms with Gasteiger partial charge in [-0.2, -0.15) is 0 Å². The number of rotatable bonds is 7. The molecular formula is C12H14ClO5P. The standard InChI is InChI=1S/C12H14ClO5P/c1-16-19(15,17-2)9-10(7-14)8-18-12-5-3-4-11(13)6-12/h3-6H,8-9H2,1-2H3. The van der Waals surface area contributed by atoms with Crippen LogP contribution in [0, 0.1) is 0 Å². The van der Waals surface area contributed by atoms with Gasteiger partial charge in [-0.05, 0) is 18.2 Å². The summed E-state index contributed by atoms with van der Waals surface area (Å²) in [6.45, 7) is -0.0550. The fourth-order valence-electron chi connectivity index (χ4n) is 1.27. The molecule has 0 atom stereocenters. The van der Waals surface area contributed by atoms with Crippen LogP contribution in [0.2, 0.25) is 5.02 Å². The number of benzene rings is 1. The molecule has 0 saturated carbocycles. The van der Waals surface area contributed by atoms with Crippen LogP contribution in [-0.4, -0.2) is 32.9 Å². The molecule has 0 spiro atoms. The summed E-state index contributed by atoms with van der Waals surface area (Å²) in [5.41, 5.74) is 0.159. The summed E-state index contributed by atoms with van der Waals surface area (Å²) in [4.78, 5) is 10.8. The van der Waals surface area contributed by atoms with Gasteiger partial charge in [0.05, 0.1) is 11.7 Å². The van der Waals surface area contributed by atoms with Gasteiger partial charge in [-0.25, -0.2) is 4.79 Å². The summed E-state index contributed by atoms with van der Waals surface area (Å²) < 4.78 is 26.7. The highest BCUT2D eigenvalue weighted by atomic mass is 35.5. The van der Waals surface area contributed by atoms with Gasteiger partial charge in [0.25, 0.3) is 0 Å². The molecule has 0 aliphatic rings. The quantitative estimate of drug-likeness (QED) is 0.572. The molecule has 0 bridgehead atoms. The van der Waals surface area contributed by atoms with E-state index in [1.165, 1.54) is 14.2 Å². The largest absolute Gasteiger partial charge is 0.488 e. The Labute approximate surface area is 116 Å². The van der Waals surface area contributed by atoms with Crippen molar-refractivity contribution in [3.8, 4) is 5.75 Å². The van der Waals surface area contributed by atoms with E-state index in [0.29, 0.717) is 10.8 Å². The summed E-state index contributed by atoms with van der Waals surface area (Å²) in [5.74, 6) is 2.19. The Morgan fingerprint density at radius 3 is 2.58 bits per heavy atom. The van der Waals surface area contributed by atoms with Crippen LogP contribution in [0.15, 0.2) is 29.8 Å². The summed E-state index contributed by atoms with van der Waals surface area (Å²) in [6.07, 6.45) is -0.163. The molecule has 19 heavy (non-hydrogen) atoms. The fourth-order valence-corrected chi connectivity index (χ4v) is 2.48. The van der Waals surface area contributed by atoms with Crippen molar-refractivity contribution in [3.05, 3.63) is 34.9 Å². The van der Waals surface area contributed by atoms with Crippen molar-refractivity contribution in [3.63, 3.8) is 0 Å². The molecule has 0 saturated heterocycles. The van der Waals surface area contributed by atoms with Crippen LogP contribution in [-0.2, 0) is 18.4 Å². The first kappa shape index (κ1) is 16.0. The van der Waals surface area contributed by atoms with Crippen molar-refractivity contribution in [2.24, 2.45) is 0 Å². The molecule has 0 aliphatic heterocycles. The van der Waals surface area contributed by atoms with E-state index in [2.05, 4.69) is 0 Å². The van der Waals surface area contributed by atoms with Crippen LogP contribution in [0.25, 0.3) is 0 Å². The maximum atomic E-state index is 11.9. The third kappa shape index (κ3) is 5.19. The van der Waals surface area contributed by atoms with Crippen LogP contribution in [0.5, 0.6) is 5.75 Å². The molecule has 0 heterocycles. The van der Waals surface area contributed by atoms with Gasteiger partial charge in [-0.15, -0.1) is 0 Å². The Balaban J connectivity index is 2.65. The van der Waals surface area contributed by atoms with Gasteiger partial charge in [-0.3, -0.25) is 4.57 Å². The van der Waals surface area contributed by atoms with E-state index in [-0.39, 0.29) is 18.3 Å². The number of hydrogen-bond donors (Lipinski definition) is 0. The van der Waals surface area contributed by atoms with Crippen LogP contribution < -0.4 is 4.74 Å². The van der Waals surface area contributed by atoms with Crippen molar-refractivity contribution in [2.45, 2.75) is 0 Å². The van der Waals surface area contributed by atoms with E-state index >= 15 is 0 Å². The van der Waals surface area contributed by atoms with Crippen LogP contribution in [0.4, 0.5) is 0 Å². The maximum absolute atomic E-state index is 11.9. The molecule has 1 rings (SSSR count). The average Bonchev–Trinajstić information content (AvgIpc) is 2.43. The minimum absolute atomic E-state index is 0.0550. The third-order valence-corrected chi connectivity index (χ3v) is 4.41. The van der Waals surface area contributed by atoms with Gasteiger partial charge in [0.2, 0.25) is 0 Å². The molecule has 0 aliphatic carbocycles. The van der Waals surface area contributed by atoms with E-state index in [0.717, 1.165) is 0 Å². The SMILES string of the molecule is COP(=O)(CC(=C=O)COc1cccc(Cl)c1)OC.